The lowest BCUT2D eigenvalue weighted by molar-refractivity contribution is 0.353. The Bertz CT molecular complexity index is 2850. The fraction of sp³-hybridized carbons (Fsp3) is 0.100. The van der Waals surface area contributed by atoms with Crippen molar-refractivity contribution in [3.05, 3.63) is 242 Å². The Labute approximate surface area is 366 Å². The molecule has 298 valence electrons. The molecule has 1 fully saturated rings. The lowest BCUT2D eigenvalue weighted by atomic mass is 9.68. The van der Waals surface area contributed by atoms with Gasteiger partial charge in [-0.1, -0.05) is 177 Å². The van der Waals surface area contributed by atoms with Gasteiger partial charge in [0.25, 0.3) is 0 Å². The molecular weight excluding hydrogens is 749 g/mol. The van der Waals surface area contributed by atoms with Crippen molar-refractivity contribution in [1.82, 2.24) is 0 Å². The monoisotopic (exact) mass is 796 g/mol. The van der Waals surface area contributed by atoms with Crippen molar-refractivity contribution in [2.45, 2.75) is 37.5 Å². The van der Waals surface area contributed by atoms with Gasteiger partial charge in [-0.2, -0.15) is 0 Å². The lowest BCUT2D eigenvalue weighted by Crippen LogP contribution is -2.28. The van der Waals surface area contributed by atoms with Crippen LogP contribution < -0.4 is 9.80 Å². The van der Waals surface area contributed by atoms with E-state index in [-0.39, 0.29) is 5.41 Å². The molecule has 0 unspecified atom stereocenters. The Morgan fingerprint density at radius 3 is 1.06 bits per heavy atom. The number of rotatable bonds is 9. The average molecular weight is 797 g/mol. The van der Waals surface area contributed by atoms with E-state index in [1.54, 1.807) is 0 Å². The van der Waals surface area contributed by atoms with E-state index in [0.29, 0.717) is 0 Å². The average Bonchev–Trinajstić information content (AvgIpc) is 3.61. The molecule has 1 spiro atoms. The molecule has 0 aromatic heterocycles. The highest BCUT2D eigenvalue weighted by molar-refractivity contribution is 5.87. The number of nitrogens with zero attached hydrogens (tertiary/aromatic N) is 2. The van der Waals surface area contributed by atoms with E-state index in [0.717, 1.165) is 28.4 Å². The summed E-state index contributed by atoms with van der Waals surface area (Å²) in [6.45, 7) is 0. The summed E-state index contributed by atoms with van der Waals surface area (Å²) >= 11 is 0. The van der Waals surface area contributed by atoms with Gasteiger partial charge in [0.05, 0.1) is 0 Å². The fourth-order valence-electron chi connectivity index (χ4n) is 10.2. The zero-order valence-electron chi connectivity index (χ0n) is 34.9. The number of hydrogen-bond donors (Lipinski definition) is 0. The molecule has 0 atom stereocenters. The Hall–Kier alpha value is -7.42. The van der Waals surface area contributed by atoms with Crippen LogP contribution in [0.3, 0.4) is 0 Å². The smallest absolute Gasteiger partial charge is 0.0465 e. The predicted molar refractivity (Wildman–Crippen MR) is 261 cm³/mol. The Morgan fingerprint density at radius 2 is 0.597 bits per heavy atom. The summed E-state index contributed by atoms with van der Waals surface area (Å²) in [5.41, 5.74) is 20.0. The second kappa shape index (κ2) is 16.2. The predicted octanol–water partition coefficient (Wildman–Crippen LogP) is 16.9. The molecule has 0 radical (unpaired) electrons. The largest absolute Gasteiger partial charge is 0.311 e. The molecule has 0 amide bonds. The molecule has 2 nitrogen and oxygen atoms in total. The van der Waals surface area contributed by atoms with Gasteiger partial charge in [-0.05, 0) is 141 Å². The van der Waals surface area contributed by atoms with Crippen LogP contribution in [0.5, 0.6) is 0 Å². The van der Waals surface area contributed by atoms with E-state index in [4.69, 9.17) is 0 Å². The zero-order chi connectivity index (χ0) is 41.3. The minimum absolute atomic E-state index is 0.103. The van der Waals surface area contributed by atoms with Crippen LogP contribution in [-0.2, 0) is 5.41 Å². The lowest BCUT2D eigenvalue weighted by Gasteiger charge is -2.36. The number of benzene rings is 9. The summed E-state index contributed by atoms with van der Waals surface area (Å²) in [4.78, 5) is 4.78. The minimum atomic E-state index is 0.103. The summed E-state index contributed by atoms with van der Waals surface area (Å²) in [7, 11) is 0. The van der Waals surface area contributed by atoms with Crippen LogP contribution in [0.15, 0.2) is 231 Å². The van der Waals surface area contributed by atoms with Crippen molar-refractivity contribution in [3.63, 3.8) is 0 Å². The highest BCUT2D eigenvalue weighted by Gasteiger charge is 2.43. The van der Waals surface area contributed by atoms with Gasteiger partial charge in [-0.15, -0.1) is 0 Å². The normalized spacial score (nSPS) is 13.6. The molecule has 2 heteroatoms. The number of fused-ring (bicyclic) bond motifs is 5. The molecule has 9 aromatic carbocycles. The highest BCUT2D eigenvalue weighted by atomic mass is 15.1. The van der Waals surface area contributed by atoms with Crippen LogP contribution in [0.1, 0.15) is 43.2 Å². The van der Waals surface area contributed by atoms with Crippen molar-refractivity contribution in [2.24, 2.45) is 0 Å². The molecule has 2 aliphatic rings. The summed E-state index contributed by atoms with van der Waals surface area (Å²) in [6.07, 6.45) is 6.33. The number of hydrogen-bond acceptors (Lipinski definition) is 2. The van der Waals surface area contributed by atoms with Gasteiger partial charge in [0.1, 0.15) is 0 Å². The molecule has 11 rings (SSSR count). The Kier molecular flexibility index (Phi) is 9.83. The van der Waals surface area contributed by atoms with Crippen molar-refractivity contribution < 1.29 is 0 Å². The molecular formula is C60H48N2. The van der Waals surface area contributed by atoms with E-state index in [2.05, 4.69) is 240 Å². The van der Waals surface area contributed by atoms with E-state index < -0.39 is 0 Å². The quantitative estimate of drug-likeness (QED) is 0.144. The fourth-order valence-corrected chi connectivity index (χ4v) is 10.2. The van der Waals surface area contributed by atoms with Crippen LogP contribution in [0.25, 0.3) is 44.5 Å². The van der Waals surface area contributed by atoms with Gasteiger partial charge in [0.15, 0.2) is 0 Å². The zero-order valence-corrected chi connectivity index (χ0v) is 34.9. The van der Waals surface area contributed by atoms with Crippen molar-refractivity contribution >= 4 is 34.1 Å². The van der Waals surface area contributed by atoms with Gasteiger partial charge in [-0.3, -0.25) is 0 Å². The van der Waals surface area contributed by atoms with Crippen LogP contribution in [0.2, 0.25) is 0 Å². The highest BCUT2D eigenvalue weighted by Crippen LogP contribution is 2.57. The van der Waals surface area contributed by atoms with Crippen LogP contribution in [-0.4, -0.2) is 0 Å². The summed E-state index contributed by atoms with van der Waals surface area (Å²) in [6, 6.07) is 84.3. The van der Waals surface area contributed by atoms with Crippen LogP contribution in [0.4, 0.5) is 34.1 Å². The van der Waals surface area contributed by atoms with Gasteiger partial charge in [0, 0.05) is 39.5 Å². The van der Waals surface area contributed by atoms with Gasteiger partial charge in [0.2, 0.25) is 0 Å². The Morgan fingerprint density at radius 1 is 0.258 bits per heavy atom. The third-order valence-corrected chi connectivity index (χ3v) is 13.3. The molecule has 9 aromatic rings. The van der Waals surface area contributed by atoms with Crippen LogP contribution in [0, 0.1) is 0 Å². The maximum atomic E-state index is 2.51. The van der Waals surface area contributed by atoms with Crippen molar-refractivity contribution in [2.75, 3.05) is 9.80 Å². The van der Waals surface area contributed by atoms with Crippen LogP contribution >= 0.6 is 0 Å². The maximum absolute atomic E-state index is 2.51. The molecule has 62 heavy (non-hydrogen) atoms. The number of para-hydroxylation sites is 1. The van der Waals surface area contributed by atoms with E-state index in [1.165, 1.54) is 93.4 Å². The first-order chi connectivity index (χ1) is 30.7. The molecule has 0 aliphatic heterocycles. The SMILES string of the molecule is c1ccc(-c2ccc(N(c3ccc(-c4ccccc4)cc3)c3ccc(-c4ccc(N(c5ccccc5)c5ccc6c(c5)C5(CCCCC5)c5ccccc5-6)cc4)cc3)cc2)cc1. The molecule has 0 N–H and O–H groups in total. The third-order valence-electron chi connectivity index (χ3n) is 13.3. The molecule has 1 saturated carbocycles. The molecule has 0 saturated heterocycles. The minimum Gasteiger partial charge on any atom is -0.311 e. The van der Waals surface area contributed by atoms with Gasteiger partial charge < -0.3 is 9.80 Å². The van der Waals surface area contributed by atoms with Gasteiger partial charge >= 0.3 is 0 Å². The Balaban J connectivity index is 0.918. The maximum Gasteiger partial charge on any atom is 0.0465 e. The van der Waals surface area contributed by atoms with Crippen molar-refractivity contribution in [3.8, 4) is 44.5 Å². The summed E-state index contributed by atoms with van der Waals surface area (Å²) in [5.74, 6) is 0. The standard InChI is InChI=1S/C60H48N2/c1-5-15-44(16-6-1)46-23-31-51(32-24-46)61(52-33-25-47(26-34-52)45-17-7-2-8-18-45)53-35-27-48(28-36-53)49-29-37-54(38-30-49)62(50-19-9-3-10-20-50)55-39-40-57-56-21-11-12-22-58(56)60(59(57)43-55)41-13-4-14-42-60/h1-3,5-12,15-40,43H,4,13-14,41-42H2. The molecule has 2 aliphatic carbocycles. The topological polar surface area (TPSA) is 6.48 Å². The first kappa shape index (κ1) is 37.6. The third kappa shape index (κ3) is 6.88. The van der Waals surface area contributed by atoms with E-state index in [1.807, 2.05) is 0 Å². The van der Waals surface area contributed by atoms with Crippen molar-refractivity contribution in [1.29, 1.82) is 0 Å². The molecule has 0 bridgehead atoms. The first-order valence-electron chi connectivity index (χ1n) is 22.1. The number of anilines is 6. The molecule has 0 heterocycles. The second-order valence-electron chi connectivity index (χ2n) is 16.8. The van der Waals surface area contributed by atoms with Gasteiger partial charge in [-0.25, -0.2) is 0 Å². The summed E-state index contributed by atoms with van der Waals surface area (Å²) in [5, 5.41) is 0. The summed E-state index contributed by atoms with van der Waals surface area (Å²) < 4.78 is 0. The second-order valence-corrected chi connectivity index (χ2v) is 16.8. The van der Waals surface area contributed by atoms with E-state index in [9.17, 15) is 0 Å². The van der Waals surface area contributed by atoms with E-state index >= 15 is 0 Å². The first-order valence-corrected chi connectivity index (χ1v) is 22.1.